The second-order valence-corrected chi connectivity index (χ2v) is 9.75. The van der Waals surface area contributed by atoms with Gasteiger partial charge in [-0.2, -0.15) is 0 Å². The van der Waals surface area contributed by atoms with Crippen LogP contribution in [0.25, 0.3) is 11.0 Å². The molecule has 0 bridgehead atoms. The molecule has 2 aromatic rings. The average molecular weight is 242 g/mol. The summed E-state index contributed by atoms with van der Waals surface area (Å²) in [6, 6.07) is 6.91. The highest BCUT2D eigenvalue weighted by molar-refractivity contribution is 6.83. The SMILES string of the molecule is C[Si](C)(C)C#Cc1ccc2occc(=O)c2c1. The Morgan fingerprint density at radius 3 is 2.65 bits per heavy atom. The predicted octanol–water partition coefficient (Wildman–Crippen LogP) is 3.02. The van der Waals surface area contributed by atoms with Crippen molar-refractivity contribution in [3.8, 4) is 11.5 Å². The molecule has 0 atom stereocenters. The van der Waals surface area contributed by atoms with E-state index in [-0.39, 0.29) is 5.43 Å². The van der Waals surface area contributed by atoms with Gasteiger partial charge in [0.25, 0.3) is 0 Å². The average Bonchev–Trinajstić information content (AvgIpc) is 2.26. The maximum Gasteiger partial charge on any atom is 0.192 e. The topological polar surface area (TPSA) is 30.2 Å². The first kappa shape index (κ1) is 11.7. The van der Waals surface area contributed by atoms with Gasteiger partial charge in [-0.1, -0.05) is 25.6 Å². The summed E-state index contributed by atoms with van der Waals surface area (Å²) in [5, 5.41) is 0.592. The van der Waals surface area contributed by atoms with Crippen LogP contribution in [-0.2, 0) is 0 Å². The van der Waals surface area contributed by atoms with Crippen molar-refractivity contribution in [1.29, 1.82) is 0 Å². The van der Waals surface area contributed by atoms with Gasteiger partial charge in [0, 0.05) is 11.6 Å². The third-order valence-corrected chi connectivity index (χ3v) is 3.12. The van der Waals surface area contributed by atoms with Gasteiger partial charge in [-0.3, -0.25) is 4.79 Å². The van der Waals surface area contributed by atoms with Crippen LogP contribution in [0.5, 0.6) is 0 Å². The van der Waals surface area contributed by atoms with Crippen molar-refractivity contribution in [3.63, 3.8) is 0 Å². The Kier molecular flexibility index (Phi) is 2.91. The normalized spacial score (nSPS) is 11.0. The number of fused-ring (bicyclic) bond motifs is 1. The Morgan fingerprint density at radius 2 is 1.94 bits per heavy atom. The highest BCUT2D eigenvalue weighted by Gasteiger charge is 2.07. The zero-order chi connectivity index (χ0) is 12.5. The van der Waals surface area contributed by atoms with E-state index in [1.165, 1.54) is 12.3 Å². The summed E-state index contributed by atoms with van der Waals surface area (Å²) in [5.74, 6) is 3.14. The van der Waals surface area contributed by atoms with Crippen LogP contribution in [0.15, 0.2) is 39.7 Å². The molecule has 1 heterocycles. The van der Waals surface area contributed by atoms with Gasteiger partial charge < -0.3 is 4.42 Å². The highest BCUT2D eigenvalue weighted by Crippen LogP contribution is 2.11. The number of rotatable bonds is 0. The van der Waals surface area contributed by atoms with E-state index in [1.807, 2.05) is 6.07 Å². The first-order valence-electron chi connectivity index (χ1n) is 5.50. The molecular weight excluding hydrogens is 228 g/mol. The van der Waals surface area contributed by atoms with Crippen LogP contribution in [0.2, 0.25) is 19.6 Å². The van der Waals surface area contributed by atoms with E-state index in [0.29, 0.717) is 11.0 Å². The van der Waals surface area contributed by atoms with Crippen LogP contribution in [0.4, 0.5) is 0 Å². The van der Waals surface area contributed by atoms with Crippen LogP contribution in [-0.4, -0.2) is 8.07 Å². The van der Waals surface area contributed by atoms with Gasteiger partial charge in [-0.15, -0.1) is 5.54 Å². The summed E-state index contributed by atoms with van der Waals surface area (Å²) < 4.78 is 5.25. The van der Waals surface area contributed by atoms with Crippen molar-refractivity contribution in [2.75, 3.05) is 0 Å². The third-order valence-electron chi connectivity index (χ3n) is 2.24. The molecule has 1 aromatic heterocycles. The van der Waals surface area contributed by atoms with E-state index in [9.17, 15) is 4.79 Å². The standard InChI is InChI=1S/C14H14O2Si/c1-17(2,3)9-7-11-4-5-14-12(10-11)13(15)6-8-16-14/h4-6,8,10H,1-3H3. The van der Waals surface area contributed by atoms with Crippen LogP contribution >= 0.6 is 0 Å². The maximum atomic E-state index is 11.6. The van der Waals surface area contributed by atoms with Gasteiger partial charge in [0.05, 0.1) is 11.6 Å². The van der Waals surface area contributed by atoms with Crippen LogP contribution in [0.1, 0.15) is 5.56 Å². The quantitative estimate of drug-likeness (QED) is 0.525. The van der Waals surface area contributed by atoms with Gasteiger partial charge in [0.15, 0.2) is 5.43 Å². The summed E-state index contributed by atoms with van der Waals surface area (Å²) in [6.45, 7) is 6.57. The molecule has 0 saturated carbocycles. The van der Waals surface area contributed by atoms with Crippen molar-refractivity contribution < 1.29 is 4.42 Å². The van der Waals surface area contributed by atoms with Crippen LogP contribution < -0.4 is 5.43 Å². The molecule has 86 valence electrons. The number of hydrogen-bond acceptors (Lipinski definition) is 2. The summed E-state index contributed by atoms with van der Waals surface area (Å²) in [7, 11) is -1.38. The van der Waals surface area contributed by atoms with Crippen molar-refractivity contribution in [2.45, 2.75) is 19.6 Å². The molecule has 3 heteroatoms. The molecule has 0 unspecified atom stereocenters. The molecule has 0 saturated heterocycles. The predicted molar refractivity (Wildman–Crippen MR) is 72.7 cm³/mol. The van der Waals surface area contributed by atoms with Gasteiger partial charge >= 0.3 is 0 Å². The zero-order valence-electron chi connectivity index (χ0n) is 10.2. The van der Waals surface area contributed by atoms with Gasteiger partial charge in [0.2, 0.25) is 0 Å². The van der Waals surface area contributed by atoms with Crippen LogP contribution in [0, 0.1) is 11.5 Å². The maximum absolute atomic E-state index is 11.6. The highest BCUT2D eigenvalue weighted by atomic mass is 28.3. The minimum Gasteiger partial charge on any atom is -0.464 e. The molecule has 0 amide bonds. The summed E-state index contributed by atoms with van der Waals surface area (Å²) in [5.41, 5.74) is 4.73. The van der Waals surface area contributed by atoms with Crippen LogP contribution in [0.3, 0.4) is 0 Å². The number of hydrogen-bond donors (Lipinski definition) is 0. The Bertz CT molecular complexity index is 666. The fraction of sp³-hybridized carbons (Fsp3) is 0.214. The van der Waals surface area contributed by atoms with E-state index in [2.05, 4.69) is 31.1 Å². The lowest BCUT2D eigenvalue weighted by atomic mass is 10.1. The first-order chi connectivity index (χ1) is 7.96. The largest absolute Gasteiger partial charge is 0.464 e. The van der Waals surface area contributed by atoms with E-state index in [0.717, 1.165) is 5.56 Å². The molecule has 17 heavy (non-hydrogen) atoms. The van der Waals surface area contributed by atoms with E-state index < -0.39 is 8.07 Å². The minimum absolute atomic E-state index is 0.0251. The molecule has 0 aliphatic carbocycles. The second kappa shape index (κ2) is 4.23. The second-order valence-electron chi connectivity index (χ2n) is 5.00. The monoisotopic (exact) mass is 242 g/mol. The molecule has 0 N–H and O–H groups in total. The molecule has 2 nitrogen and oxygen atoms in total. The van der Waals surface area contributed by atoms with Crippen molar-refractivity contribution in [2.24, 2.45) is 0 Å². The molecule has 0 spiro atoms. The Hall–Kier alpha value is -1.79. The molecule has 1 aromatic carbocycles. The molecular formula is C14H14O2Si. The smallest absolute Gasteiger partial charge is 0.192 e. The van der Waals surface area contributed by atoms with Crippen molar-refractivity contribution in [1.82, 2.24) is 0 Å². The Morgan fingerprint density at radius 1 is 1.18 bits per heavy atom. The summed E-state index contributed by atoms with van der Waals surface area (Å²) >= 11 is 0. The lowest BCUT2D eigenvalue weighted by Gasteiger charge is -2.03. The Balaban J connectivity index is 2.55. The molecule has 0 fully saturated rings. The minimum atomic E-state index is -1.38. The summed E-state index contributed by atoms with van der Waals surface area (Å²) in [6.07, 6.45) is 1.41. The van der Waals surface area contributed by atoms with Crippen molar-refractivity contribution >= 4 is 19.0 Å². The van der Waals surface area contributed by atoms with Crippen molar-refractivity contribution in [3.05, 3.63) is 46.3 Å². The number of benzene rings is 1. The first-order valence-corrected chi connectivity index (χ1v) is 9.00. The van der Waals surface area contributed by atoms with E-state index in [4.69, 9.17) is 4.42 Å². The van der Waals surface area contributed by atoms with Gasteiger partial charge in [-0.25, -0.2) is 0 Å². The third kappa shape index (κ3) is 2.86. The zero-order valence-corrected chi connectivity index (χ0v) is 11.2. The molecule has 0 aliphatic heterocycles. The summed E-state index contributed by atoms with van der Waals surface area (Å²) in [4.78, 5) is 11.6. The Labute approximate surface area is 101 Å². The van der Waals surface area contributed by atoms with E-state index in [1.54, 1.807) is 12.1 Å². The van der Waals surface area contributed by atoms with E-state index >= 15 is 0 Å². The fourth-order valence-corrected chi connectivity index (χ4v) is 1.94. The molecule has 0 aliphatic rings. The van der Waals surface area contributed by atoms with Gasteiger partial charge in [-0.05, 0) is 18.2 Å². The lowest BCUT2D eigenvalue weighted by Crippen LogP contribution is -2.16. The van der Waals surface area contributed by atoms with Gasteiger partial charge in [0.1, 0.15) is 13.7 Å². The molecule has 0 radical (unpaired) electrons. The molecule has 2 rings (SSSR count). The fourth-order valence-electron chi connectivity index (χ4n) is 1.42. The lowest BCUT2D eigenvalue weighted by molar-refractivity contribution is 0.602.